The normalized spacial score (nSPS) is 21.8. The van der Waals surface area contributed by atoms with Crippen LogP contribution in [0.5, 0.6) is 5.75 Å². The minimum atomic E-state index is -3.22. The zero-order chi connectivity index (χ0) is 23.3. The van der Waals surface area contributed by atoms with Crippen LogP contribution in [0.25, 0.3) is 16.8 Å². The number of nitrogens with zero attached hydrogens (tertiary/aromatic N) is 2. The summed E-state index contributed by atoms with van der Waals surface area (Å²) in [6, 6.07) is 27.1. The third-order valence-corrected chi connectivity index (χ3v) is 8.40. The number of benzene rings is 3. The van der Waals surface area contributed by atoms with E-state index < -0.39 is 15.7 Å². The summed E-state index contributed by atoms with van der Waals surface area (Å²) in [5, 5.41) is 2.19. The highest BCUT2D eigenvalue weighted by atomic mass is 32.2. The number of rotatable bonds is 3. The molecule has 174 valence electrons. The van der Waals surface area contributed by atoms with Crippen molar-refractivity contribution in [3.8, 4) is 16.9 Å². The van der Waals surface area contributed by atoms with Crippen LogP contribution in [0.2, 0.25) is 0 Å². The molecule has 3 aliphatic heterocycles. The van der Waals surface area contributed by atoms with Crippen molar-refractivity contribution in [1.29, 1.82) is 0 Å². The monoisotopic (exact) mass is 473 g/mol. The fourth-order valence-electron chi connectivity index (χ4n) is 5.27. The summed E-state index contributed by atoms with van der Waals surface area (Å²) < 4.78 is 32.3. The van der Waals surface area contributed by atoms with Crippen molar-refractivity contribution in [2.75, 3.05) is 19.3 Å². The number of sulfonamides is 1. The summed E-state index contributed by atoms with van der Waals surface area (Å²) >= 11 is 0. The molecule has 1 fully saturated rings. The Morgan fingerprint density at radius 2 is 1.47 bits per heavy atom. The molecule has 0 unspecified atom stereocenters. The number of hydrogen-bond acceptors (Lipinski definition) is 5. The second-order valence-corrected chi connectivity index (χ2v) is 11.2. The molecule has 0 aromatic heterocycles. The summed E-state index contributed by atoms with van der Waals surface area (Å²) in [5.41, 5.74) is 8.65. The maximum absolute atomic E-state index is 12.1. The first-order valence-corrected chi connectivity index (χ1v) is 13.4. The number of hydrogen-bond donors (Lipinski definition) is 1. The average Bonchev–Trinajstić information content (AvgIpc) is 3.32. The lowest BCUT2D eigenvalue weighted by atomic mass is 9.93. The third kappa shape index (κ3) is 3.60. The lowest BCUT2D eigenvalue weighted by Crippen LogP contribution is -2.64. The second kappa shape index (κ2) is 7.98. The molecule has 0 amide bonds. The van der Waals surface area contributed by atoms with Gasteiger partial charge in [0.15, 0.2) is 5.72 Å². The maximum Gasteiger partial charge on any atom is 0.211 e. The van der Waals surface area contributed by atoms with E-state index in [1.54, 1.807) is 4.31 Å². The van der Waals surface area contributed by atoms with E-state index in [1.807, 2.05) is 36.4 Å². The van der Waals surface area contributed by atoms with Gasteiger partial charge in [-0.15, -0.1) is 0 Å². The van der Waals surface area contributed by atoms with E-state index in [0.717, 1.165) is 22.6 Å². The first kappa shape index (κ1) is 21.4. The van der Waals surface area contributed by atoms with E-state index in [2.05, 4.69) is 59.0 Å². The van der Waals surface area contributed by atoms with Gasteiger partial charge in [-0.2, -0.15) is 5.01 Å². The van der Waals surface area contributed by atoms with E-state index >= 15 is 0 Å². The molecule has 3 aliphatic rings. The Morgan fingerprint density at radius 3 is 2.18 bits per heavy atom. The molecule has 0 saturated carbocycles. The molecular formula is C27H27N3O3S. The van der Waals surface area contributed by atoms with Crippen LogP contribution in [0, 0.1) is 0 Å². The van der Waals surface area contributed by atoms with Gasteiger partial charge < -0.3 is 10.2 Å². The number of piperidine rings is 1. The van der Waals surface area contributed by atoms with E-state index in [1.165, 1.54) is 17.4 Å². The zero-order valence-electron chi connectivity index (χ0n) is 19.0. The molecule has 1 spiro atoms. The average molecular weight is 474 g/mol. The summed E-state index contributed by atoms with van der Waals surface area (Å²) in [6.07, 6.45) is 4.71. The predicted molar refractivity (Wildman–Crippen MR) is 133 cm³/mol. The van der Waals surface area contributed by atoms with Gasteiger partial charge in [-0.25, -0.2) is 12.7 Å². The molecule has 3 aromatic rings. The van der Waals surface area contributed by atoms with Gasteiger partial charge in [0.1, 0.15) is 5.75 Å². The number of nitrogens with one attached hydrogen (secondary N) is 1. The topological polar surface area (TPSA) is 61.9 Å². The molecule has 1 atom stereocenters. The smallest absolute Gasteiger partial charge is 0.211 e. The van der Waals surface area contributed by atoms with Crippen LogP contribution in [0.3, 0.4) is 0 Å². The van der Waals surface area contributed by atoms with Gasteiger partial charge in [0, 0.05) is 31.5 Å². The van der Waals surface area contributed by atoms with Gasteiger partial charge in [0.05, 0.1) is 18.0 Å². The van der Waals surface area contributed by atoms with E-state index in [0.29, 0.717) is 25.9 Å². The van der Waals surface area contributed by atoms with Crippen molar-refractivity contribution in [2.24, 2.45) is 0 Å². The molecule has 34 heavy (non-hydrogen) atoms. The highest BCUT2D eigenvalue weighted by molar-refractivity contribution is 7.88. The summed E-state index contributed by atoms with van der Waals surface area (Å²) in [7, 11) is -3.22. The quantitative estimate of drug-likeness (QED) is 0.611. The molecule has 1 N–H and O–H groups in total. The predicted octanol–water partition coefficient (Wildman–Crippen LogP) is 4.40. The highest BCUT2D eigenvalue weighted by Crippen LogP contribution is 2.48. The standard InChI is InChI=1S/C27H27N3O3S/c1-34(31,32)29-17-15-27(16-18-29)30-25(23-9-5-6-10-26(23)33-27)19-24(28-30)22-13-11-21(12-14-22)20-7-3-2-4-8-20/h2-14,19,25,28H,15-18H2,1H3/t25-/m0/s1. The van der Waals surface area contributed by atoms with Crippen molar-refractivity contribution in [3.05, 3.63) is 96.1 Å². The van der Waals surface area contributed by atoms with Crippen LogP contribution in [0.1, 0.15) is 30.0 Å². The van der Waals surface area contributed by atoms with Crippen molar-refractivity contribution in [3.63, 3.8) is 0 Å². The highest BCUT2D eigenvalue weighted by Gasteiger charge is 2.52. The Hall–Kier alpha value is -3.13. The van der Waals surface area contributed by atoms with Gasteiger partial charge in [0.25, 0.3) is 0 Å². The minimum Gasteiger partial charge on any atom is -0.470 e. The molecule has 0 bridgehead atoms. The van der Waals surface area contributed by atoms with Gasteiger partial charge in [-0.1, -0.05) is 72.8 Å². The molecule has 6 nitrogen and oxygen atoms in total. The van der Waals surface area contributed by atoms with Crippen LogP contribution in [0.15, 0.2) is 84.9 Å². The lowest BCUT2D eigenvalue weighted by Gasteiger charge is -2.51. The zero-order valence-corrected chi connectivity index (χ0v) is 19.8. The molecular weight excluding hydrogens is 446 g/mol. The fourth-order valence-corrected chi connectivity index (χ4v) is 6.11. The summed E-state index contributed by atoms with van der Waals surface area (Å²) in [4.78, 5) is 0. The van der Waals surface area contributed by atoms with Crippen LogP contribution >= 0.6 is 0 Å². The Kier molecular flexibility index (Phi) is 5.02. The first-order chi connectivity index (χ1) is 16.4. The van der Waals surface area contributed by atoms with Crippen molar-refractivity contribution < 1.29 is 13.2 Å². The van der Waals surface area contributed by atoms with Crippen molar-refractivity contribution in [2.45, 2.75) is 24.6 Å². The number of fused-ring (bicyclic) bond motifs is 4. The molecule has 0 aliphatic carbocycles. The van der Waals surface area contributed by atoms with Gasteiger partial charge >= 0.3 is 0 Å². The molecule has 7 heteroatoms. The van der Waals surface area contributed by atoms with E-state index in [9.17, 15) is 8.42 Å². The SMILES string of the molecule is CS(=O)(=O)N1CCC2(CC1)Oc1ccccc1[C@@H]1C=C(c3ccc(-c4ccccc4)cc3)NN12. The van der Waals surface area contributed by atoms with Gasteiger partial charge in [-0.05, 0) is 28.8 Å². The molecule has 3 heterocycles. The third-order valence-electron chi connectivity index (χ3n) is 7.10. The largest absolute Gasteiger partial charge is 0.470 e. The van der Waals surface area contributed by atoms with Crippen molar-refractivity contribution in [1.82, 2.24) is 14.7 Å². The van der Waals surface area contributed by atoms with E-state index in [-0.39, 0.29) is 6.04 Å². The Labute approximate surface area is 200 Å². The number of ether oxygens (including phenoxy) is 1. The lowest BCUT2D eigenvalue weighted by molar-refractivity contribution is -0.153. The number of hydrazine groups is 1. The van der Waals surface area contributed by atoms with Gasteiger partial charge in [0.2, 0.25) is 10.0 Å². The maximum atomic E-state index is 12.1. The molecule has 0 radical (unpaired) electrons. The summed E-state index contributed by atoms with van der Waals surface area (Å²) in [5.74, 6) is 0.871. The van der Waals surface area contributed by atoms with Crippen LogP contribution < -0.4 is 10.2 Å². The second-order valence-electron chi connectivity index (χ2n) is 9.20. The minimum absolute atomic E-state index is 0.0125. The Balaban J connectivity index is 1.32. The summed E-state index contributed by atoms with van der Waals surface area (Å²) in [6.45, 7) is 0.875. The Morgan fingerprint density at radius 1 is 0.853 bits per heavy atom. The Bertz CT molecular complexity index is 1350. The van der Waals surface area contributed by atoms with Crippen LogP contribution in [0.4, 0.5) is 0 Å². The number of para-hydroxylation sites is 1. The first-order valence-electron chi connectivity index (χ1n) is 11.6. The fraction of sp³-hybridized carbons (Fsp3) is 0.259. The van der Waals surface area contributed by atoms with Crippen LogP contribution in [-0.2, 0) is 10.0 Å². The van der Waals surface area contributed by atoms with E-state index in [4.69, 9.17) is 4.74 Å². The molecule has 3 aromatic carbocycles. The van der Waals surface area contributed by atoms with Crippen molar-refractivity contribution >= 4 is 15.7 Å². The van der Waals surface area contributed by atoms with Crippen LogP contribution in [-0.4, -0.2) is 42.8 Å². The molecule has 6 rings (SSSR count). The molecule has 1 saturated heterocycles. The van der Waals surface area contributed by atoms with Gasteiger partial charge in [-0.3, -0.25) is 0 Å².